The van der Waals surface area contributed by atoms with Crippen LogP contribution < -0.4 is 16.1 Å². The highest BCUT2D eigenvalue weighted by molar-refractivity contribution is 8.00. The minimum atomic E-state index is -2.87. The molecule has 3 heterocycles. The average molecular weight is 389 g/mol. The van der Waals surface area contributed by atoms with Gasteiger partial charge in [0.05, 0.1) is 17.5 Å². The van der Waals surface area contributed by atoms with Gasteiger partial charge in [-0.25, -0.2) is 13.4 Å². The summed E-state index contributed by atoms with van der Waals surface area (Å²) in [5.41, 5.74) is 3.59. The Morgan fingerprint density at radius 3 is 2.56 bits per heavy atom. The summed E-state index contributed by atoms with van der Waals surface area (Å²) in [6, 6.07) is 0.940. The Bertz CT molecular complexity index is 559. The van der Waals surface area contributed by atoms with Crippen molar-refractivity contribution in [2.45, 2.75) is 67.3 Å². The second-order valence-electron chi connectivity index (χ2n) is 8.25. The van der Waals surface area contributed by atoms with E-state index in [-0.39, 0.29) is 5.25 Å². The number of nitrogens with one attached hydrogen (secondary N) is 3. The number of piperazine rings is 1. The lowest BCUT2D eigenvalue weighted by molar-refractivity contribution is 0.0971. The molecule has 25 heavy (non-hydrogen) atoms. The molecular formula is C17H32N4O2S2. The Labute approximate surface area is 156 Å². The minimum Gasteiger partial charge on any atom is -0.308 e. The van der Waals surface area contributed by atoms with E-state index in [1.165, 1.54) is 24.9 Å². The third-order valence-electron chi connectivity index (χ3n) is 6.53. The molecule has 3 N–H and O–H groups in total. The molecule has 0 bridgehead atoms. The van der Waals surface area contributed by atoms with E-state index in [0.29, 0.717) is 24.2 Å². The maximum atomic E-state index is 11.8. The Kier molecular flexibility index (Phi) is 5.65. The fourth-order valence-electron chi connectivity index (χ4n) is 5.00. The SMILES string of the molecule is CS(=O)(=O)C1CCC(C2CNC3CNN(CC4CCCS4)C3N2)CC1. The maximum Gasteiger partial charge on any atom is 0.150 e. The summed E-state index contributed by atoms with van der Waals surface area (Å²) in [6.45, 7) is 3.12. The predicted molar refractivity (Wildman–Crippen MR) is 103 cm³/mol. The molecule has 4 atom stereocenters. The number of hydrazine groups is 1. The van der Waals surface area contributed by atoms with Crippen LogP contribution in [0.25, 0.3) is 0 Å². The van der Waals surface area contributed by atoms with Crippen molar-refractivity contribution in [3.63, 3.8) is 0 Å². The zero-order valence-corrected chi connectivity index (χ0v) is 16.7. The van der Waals surface area contributed by atoms with Crippen LogP contribution in [-0.2, 0) is 9.84 Å². The molecule has 3 saturated heterocycles. The molecule has 0 aromatic carbocycles. The van der Waals surface area contributed by atoms with Crippen molar-refractivity contribution < 1.29 is 8.42 Å². The van der Waals surface area contributed by atoms with Crippen LogP contribution in [-0.4, -0.2) is 73.8 Å². The second-order valence-corrected chi connectivity index (χ2v) is 12.0. The molecule has 4 fully saturated rings. The largest absolute Gasteiger partial charge is 0.308 e. The highest BCUT2D eigenvalue weighted by Gasteiger charge is 2.42. The predicted octanol–water partition coefficient (Wildman–Crippen LogP) is 0.562. The summed E-state index contributed by atoms with van der Waals surface area (Å²) in [7, 11) is -2.87. The second kappa shape index (κ2) is 7.64. The summed E-state index contributed by atoms with van der Waals surface area (Å²) in [4.78, 5) is 0. The van der Waals surface area contributed by atoms with E-state index in [9.17, 15) is 8.42 Å². The molecule has 8 heteroatoms. The molecular weight excluding hydrogens is 356 g/mol. The number of nitrogens with zero attached hydrogens (tertiary/aromatic N) is 1. The number of hydrogen-bond donors (Lipinski definition) is 3. The number of fused-ring (bicyclic) bond motifs is 1. The van der Waals surface area contributed by atoms with Crippen LogP contribution in [0, 0.1) is 5.92 Å². The molecule has 0 radical (unpaired) electrons. The third-order valence-corrected chi connectivity index (χ3v) is 9.60. The first-order chi connectivity index (χ1) is 12.0. The molecule has 1 saturated carbocycles. The van der Waals surface area contributed by atoms with E-state index in [4.69, 9.17) is 0 Å². The summed E-state index contributed by atoms with van der Waals surface area (Å²) in [6.07, 6.45) is 8.18. The lowest BCUT2D eigenvalue weighted by atomic mass is 9.82. The van der Waals surface area contributed by atoms with Gasteiger partial charge in [-0.15, -0.1) is 0 Å². The van der Waals surface area contributed by atoms with Gasteiger partial charge in [-0.2, -0.15) is 11.8 Å². The van der Waals surface area contributed by atoms with Crippen LogP contribution in [0.15, 0.2) is 0 Å². The van der Waals surface area contributed by atoms with Crippen molar-refractivity contribution >= 4 is 21.6 Å². The standard InChI is InChI=1S/C17H32N4O2S2/c1-25(22,23)14-6-4-12(5-7-14)15-9-18-16-10-19-21(17(16)20-15)11-13-3-2-8-24-13/h12-20H,2-11H2,1H3. The van der Waals surface area contributed by atoms with Gasteiger partial charge >= 0.3 is 0 Å². The van der Waals surface area contributed by atoms with Crippen LogP contribution in [0.3, 0.4) is 0 Å². The van der Waals surface area contributed by atoms with Crippen LogP contribution in [0.1, 0.15) is 38.5 Å². The quantitative estimate of drug-likeness (QED) is 0.650. The fourth-order valence-corrected chi connectivity index (χ4v) is 7.39. The minimum absolute atomic E-state index is 0.114. The molecule has 0 aromatic rings. The van der Waals surface area contributed by atoms with Crippen molar-refractivity contribution in [2.75, 3.05) is 31.6 Å². The highest BCUT2D eigenvalue weighted by Crippen LogP contribution is 2.32. The molecule has 0 amide bonds. The van der Waals surface area contributed by atoms with Gasteiger partial charge < -0.3 is 5.32 Å². The maximum absolute atomic E-state index is 11.8. The summed E-state index contributed by atoms with van der Waals surface area (Å²) in [5.74, 6) is 1.90. The molecule has 144 valence electrons. The van der Waals surface area contributed by atoms with Gasteiger partial charge in [0.15, 0.2) is 0 Å². The number of hydrogen-bond acceptors (Lipinski definition) is 7. The van der Waals surface area contributed by atoms with Gasteiger partial charge in [0.25, 0.3) is 0 Å². The zero-order valence-electron chi connectivity index (χ0n) is 15.1. The van der Waals surface area contributed by atoms with Crippen LogP contribution in [0.4, 0.5) is 0 Å². The van der Waals surface area contributed by atoms with E-state index in [1.54, 1.807) is 0 Å². The normalized spacial score (nSPS) is 43.2. The van der Waals surface area contributed by atoms with Gasteiger partial charge in [-0.05, 0) is 50.2 Å². The molecule has 0 aromatic heterocycles. The van der Waals surface area contributed by atoms with Crippen molar-refractivity contribution in [1.29, 1.82) is 0 Å². The van der Waals surface area contributed by atoms with E-state index in [0.717, 1.165) is 50.6 Å². The lowest BCUT2D eigenvalue weighted by Crippen LogP contribution is -2.65. The molecule has 4 aliphatic rings. The third kappa shape index (κ3) is 4.19. The number of thioether (sulfide) groups is 1. The van der Waals surface area contributed by atoms with E-state index < -0.39 is 9.84 Å². The lowest BCUT2D eigenvalue weighted by Gasteiger charge is -2.42. The van der Waals surface area contributed by atoms with E-state index in [2.05, 4.69) is 32.8 Å². The highest BCUT2D eigenvalue weighted by atomic mass is 32.2. The van der Waals surface area contributed by atoms with Crippen LogP contribution >= 0.6 is 11.8 Å². The first kappa shape index (κ1) is 18.5. The van der Waals surface area contributed by atoms with Gasteiger partial charge in [0.2, 0.25) is 0 Å². The topological polar surface area (TPSA) is 73.5 Å². The number of rotatable bonds is 4. The van der Waals surface area contributed by atoms with E-state index in [1.807, 2.05) is 0 Å². The summed E-state index contributed by atoms with van der Waals surface area (Å²) in [5, 5.41) is 10.7. The molecule has 0 spiro atoms. The Balaban J connectivity index is 1.32. The molecule has 6 nitrogen and oxygen atoms in total. The van der Waals surface area contributed by atoms with Crippen molar-refractivity contribution in [3.05, 3.63) is 0 Å². The fraction of sp³-hybridized carbons (Fsp3) is 1.00. The molecule has 3 aliphatic heterocycles. The Hall–Kier alpha value is 0.140. The molecule has 4 rings (SSSR count). The average Bonchev–Trinajstić information content (AvgIpc) is 3.24. The van der Waals surface area contributed by atoms with Gasteiger partial charge in [0.1, 0.15) is 9.84 Å². The molecule has 4 unspecified atom stereocenters. The summed E-state index contributed by atoms with van der Waals surface area (Å²) < 4.78 is 23.6. The first-order valence-corrected chi connectivity index (χ1v) is 12.8. The zero-order chi connectivity index (χ0) is 17.4. The van der Waals surface area contributed by atoms with E-state index >= 15 is 0 Å². The smallest absolute Gasteiger partial charge is 0.150 e. The van der Waals surface area contributed by atoms with Gasteiger partial charge in [0, 0.05) is 37.2 Å². The van der Waals surface area contributed by atoms with Crippen molar-refractivity contribution in [3.8, 4) is 0 Å². The number of sulfone groups is 1. The first-order valence-electron chi connectivity index (χ1n) is 9.81. The van der Waals surface area contributed by atoms with Crippen LogP contribution in [0.2, 0.25) is 0 Å². The van der Waals surface area contributed by atoms with Gasteiger partial charge in [-0.3, -0.25) is 10.7 Å². The Morgan fingerprint density at radius 1 is 1.08 bits per heavy atom. The van der Waals surface area contributed by atoms with Crippen molar-refractivity contribution in [2.24, 2.45) is 5.92 Å². The summed E-state index contributed by atoms with van der Waals surface area (Å²) >= 11 is 2.11. The monoisotopic (exact) mass is 388 g/mol. The van der Waals surface area contributed by atoms with Gasteiger partial charge in [-0.1, -0.05) is 0 Å². The Morgan fingerprint density at radius 2 is 1.88 bits per heavy atom. The van der Waals surface area contributed by atoms with Crippen LogP contribution in [0.5, 0.6) is 0 Å². The molecule has 1 aliphatic carbocycles. The van der Waals surface area contributed by atoms with Crippen molar-refractivity contribution in [1.82, 2.24) is 21.1 Å².